The average Bonchev–Trinajstić information content (AvgIpc) is 3.53. The minimum Gasteiger partial charge on any atom is -0.489 e. The molecule has 4 aromatic heterocycles. The molecule has 188 valence electrons. The van der Waals surface area contributed by atoms with E-state index in [0.29, 0.717) is 44.9 Å². The molecule has 6 heterocycles. The number of halogens is 1. The average molecular weight is 500 g/mol. The number of carbonyl (C=O) groups excluding carboxylic acids is 1. The third kappa shape index (κ3) is 4.62. The molecule has 9 nitrogen and oxygen atoms in total. The summed E-state index contributed by atoms with van der Waals surface area (Å²) in [7, 11) is 0. The van der Waals surface area contributed by atoms with Gasteiger partial charge in [-0.15, -0.1) is 0 Å². The molecule has 0 aliphatic carbocycles. The van der Waals surface area contributed by atoms with Crippen LogP contribution in [-0.4, -0.2) is 76.1 Å². The molecular formula is C27H26FN7O2. The molecule has 2 aliphatic rings. The van der Waals surface area contributed by atoms with Gasteiger partial charge in [-0.2, -0.15) is 5.10 Å². The molecule has 2 aliphatic heterocycles. The normalized spacial score (nSPS) is 14.8. The highest BCUT2D eigenvalue weighted by Crippen LogP contribution is 2.33. The number of alkyl halides is 1. The Labute approximate surface area is 213 Å². The third-order valence-corrected chi connectivity index (χ3v) is 6.70. The Morgan fingerprint density at radius 1 is 1.08 bits per heavy atom. The first-order valence-corrected chi connectivity index (χ1v) is 12.3. The number of piperazine rings is 1. The molecule has 0 unspecified atom stereocenters. The monoisotopic (exact) mass is 499 g/mol. The van der Waals surface area contributed by atoms with Crippen molar-refractivity contribution < 1.29 is 13.9 Å². The first-order valence-electron chi connectivity index (χ1n) is 12.3. The summed E-state index contributed by atoms with van der Waals surface area (Å²) in [5, 5.41) is 4.64. The number of fused-ring (bicyclic) bond motifs is 3. The minimum absolute atomic E-state index is 0.0130. The van der Waals surface area contributed by atoms with E-state index in [2.05, 4.69) is 20.0 Å². The van der Waals surface area contributed by atoms with Crippen LogP contribution in [0.5, 0.6) is 5.75 Å². The number of pyridine rings is 3. The SMILES string of the molecule is O=C(Cc1ccccn1)N1CCN(c2ccc(-c3cc(OCCF)cn4nc5c(c34)C=NC5)cn2)CC1. The Hall–Kier alpha value is -4.34. The smallest absolute Gasteiger partial charge is 0.228 e. The number of hydrogen-bond acceptors (Lipinski definition) is 7. The second-order valence-electron chi connectivity index (χ2n) is 9.02. The molecule has 0 saturated carbocycles. The summed E-state index contributed by atoms with van der Waals surface area (Å²) < 4.78 is 20.1. The number of ether oxygens (including phenoxy) is 1. The summed E-state index contributed by atoms with van der Waals surface area (Å²) in [5.41, 5.74) is 5.43. The second-order valence-corrected chi connectivity index (χ2v) is 9.02. The van der Waals surface area contributed by atoms with E-state index in [1.807, 2.05) is 53.7 Å². The van der Waals surface area contributed by atoms with Crippen molar-refractivity contribution in [3.05, 3.63) is 71.9 Å². The van der Waals surface area contributed by atoms with Crippen molar-refractivity contribution in [3.8, 4) is 16.9 Å². The summed E-state index contributed by atoms with van der Waals surface area (Å²) in [6, 6.07) is 11.6. The maximum absolute atomic E-state index is 12.7. The lowest BCUT2D eigenvalue weighted by atomic mass is 10.0. The summed E-state index contributed by atoms with van der Waals surface area (Å²) in [6.45, 7) is 2.68. The topological polar surface area (TPSA) is 88.2 Å². The van der Waals surface area contributed by atoms with Crippen molar-refractivity contribution >= 4 is 23.5 Å². The highest BCUT2D eigenvalue weighted by molar-refractivity contribution is 5.99. The van der Waals surface area contributed by atoms with Crippen LogP contribution in [0.2, 0.25) is 0 Å². The Kier molecular flexibility index (Phi) is 6.21. The van der Waals surface area contributed by atoms with E-state index in [0.717, 1.165) is 39.4 Å². The van der Waals surface area contributed by atoms with Crippen LogP contribution >= 0.6 is 0 Å². The number of amides is 1. The van der Waals surface area contributed by atoms with Crippen LogP contribution in [0.1, 0.15) is 17.0 Å². The van der Waals surface area contributed by atoms with Crippen molar-refractivity contribution in [3.63, 3.8) is 0 Å². The zero-order valence-corrected chi connectivity index (χ0v) is 20.3. The Morgan fingerprint density at radius 3 is 2.73 bits per heavy atom. The lowest BCUT2D eigenvalue weighted by Gasteiger charge is -2.35. The van der Waals surface area contributed by atoms with E-state index in [1.165, 1.54) is 0 Å². The Bertz CT molecular complexity index is 1450. The molecule has 1 saturated heterocycles. The highest BCUT2D eigenvalue weighted by atomic mass is 19.1. The highest BCUT2D eigenvalue weighted by Gasteiger charge is 2.23. The van der Waals surface area contributed by atoms with E-state index in [4.69, 9.17) is 9.72 Å². The van der Waals surface area contributed by atoms with Crippen LogP contribution in [0.4, 0.5) is 10.2 Å². The van der Waals surface area contributed by atoms with Crippen molar-refractivity contribution in [1.29, 1.82) is 0 Å². The molecule has 0 N–H and O–H groups in total. The van der Waals surface area contributed by atoms with Gasteiger partial charge in [0.1, 0.15) is 24.8 Å². The largest absolute Gasteiger partial charge is 0.489 e. The van der Waals surface area contributed by atoms with Crippen LogP contribution in [0.15, 0.2) is 60.0 Å². The fraction of sp³-hybridized carbons (Fsp3) is 0.296. The Morgan fingerprint density at radius 2 is 1.97 bits per heavy atom. The van der Waals surface area contributed by atoms with Crippen LogP contribution < -0.4 is 9.64 Å². The van der Waals surface area contributed by atoms with Gasteiger partial charge in [-0.25, -0.2) is 13.9 Å². The molecular weight excluding hydrogens is 473 g/mol. The van der Waals surface area contributed by atoms with Gasteiger partial charge in [-0.3, -0.25) is 14.8 Å². The van der Waals surface area contributed by atoms with E-state index in [9.17, 15) is 9.18 Å². The van der Waals surface area contributed by atoms with Crippen molar-refractivity contribution in [1.82, 2.24) is 24.5 Å². The second kappa shape index (κ2) is 9.96. The summed E-state index contributed by atoms with van der Waals surface area (Å²) in [5.74, 6) is 1.51. The number of carbonyl (C=O) groups is 1. The fourth-order valence-electron chi connectivity index (χ4n) is 4.84. The van der Waals surface area contributed by atoms with Gasteiger partial charge in [-0.1, -0.05) is 6.07 Å². The number of aliphatic imine (C=N–C) groups is 1. The molecule has 1 amide bonds. The zero-order valence-electron chi connectivity index (χ0n) is 20.3. The predicted octanol–water partition coefficient (Wildman–Crippen LogP) is 2.96. The van der Waals surface area contributed by atoms with Gasteiger partial charge in [0.25, 0.3) is 0 Å². The number of anilines is 1. The standard InChI is InChI=1S/C27H26FN7O2/c28-6-12-37-21-14-22(27-23-16-29-17-24(23)32-35(27)18-21)19-4-5-25(31-15-19)33-8-10-34(11-9-33)26(36)13-20-3-1-2-7-30-20/h1-5,7,14-16,18H,6,8-13,17H2. The molecule has 1 fully saturated rings. The Balaban J connectivity index is 1.19. The van der Waals surface area contributed by atoms with E-state index in [1.54, 1.807) is 16.9 Å². The summed E-state index contributed by atoms with van der Waals surface area (Å²) in [6.07, 6.45) is 7.49. The molecule has 4 aromatic rings. The third-order valence-electron chi connectivity index (χ3n) is 6.70. The van der Waals surface area contributed by atoms with E-state index < -0.39 is 6.67 Å². The molecule has 6 rings (SSSR count). The molecule has 0 bridgehead atoms. The summed E-state index contributed by atoms with van der Waals surface area (Å²) in [4.78, 5) is 30.1. The van der Waals surface area contributed by atoms with Gasteiger partial charge in [0.05, 0.1) is 30.4 Å². The minimum atomic E-state index is -0.562. The maximum atomic E-state index is 12.7. The number of nitrogens with zero attached hydrogens (tertiary/aromatic N) is 7. The molecule has 0 spiro atoms. The van der Waals surface area contributed by atoms with Crippen LogP contribution in [0.25, 0.3) is 16.6 Å². The van der Waals surface area contributed by atoms with Gasteiger partial charge >= 0.3 is 0 Å². The zero-order chi connectivity index (χ0) is 25.2. The van der Waals surface area contributed by atoms with E-state index >= 15 is 0 Å². The first kappa shape index (κ1) is 23.1. The van der Waals surface area contributed by atoms with Crippen LogP contribution in [-0.2, 0) is 17.8 Å². The van der Waals surface area contributed by atoms with Gasteiger partial charge in [0.15, 0.2) is 0 Å². The van der Waals surface area contributed by atoms with Crippen molar-refractivity contribution in [2.45, 2.75) is 13.0 Å². The van der Waals surface area contributed by atoms with Gasteiger partial charge < -0.3 is 14.5 Å². The van der Waals surface area contributed by atoms with Gasteiger partial charge in [0, 0.05) is 67.2 Å². The van der Waals surface area contributed by atoms with Crippen LogP contribution in [0, 0.1) is 0 Å². The summed E-state index contributed by atoms with van der Waals surface area (Å²) >= 11 is 0. The van der Waals surface area contributed by atoms with Gasteiger partial charge in [0.2, 0.25) is 5.91 Å². The van der Waals surface area contributed by atoms with Crippen molar-refractivity contribution in [2.24, 2.45) is 4.99 Å². The van der Waals surface area contributed by atoms with Gasteiger partial charge in [-0.05, 0) is 30.3 Å². The van der Waals surface area contributed by atoms with Crippen LogP contribution in [0.3, 0.4) is 0 Å². The molecule has 0 atom stereocenters. The number of rotatable bonds is 7. The fourth-order valence-corrected chi connectivity index (χ4v) is 4.84. The molecule has 10 heteroatoms. The van der Waals surface area contributed by atoms with E-state index in [-0.39, 0.29) is 12.5 Å². The lowest BCUT2D eigenvalue weighted by molar-refractivity contribution is -0.130. The first-order chi connectivity index (χ1) is 18.2. The quantitative estimate of drug-likeness (QED) is 0.389. The predicted molar refractivity (Wildman–Crippen MR) is 138 cm³/mol. The molecule has 37 heavy (non-hydrogen) atoms. The maximum Gasteiger partial charge on any atom is 0.228 e. The number of aromatic nitrogens is 4. The molecule has 0 aromatic carbocycles. The number of hydrogen-bond donors (Lipinski definition) is 0. The van der Waals surface area contributed by atoms with Crippen molar-refractivity contribution in [2.75, 3.05) is 44.4 Å². The molecule has 0 radical (unpaired) electrons. The lowest BCUT2D eigenvalue weighted by Crippen LogP contribution is -2.49.